The Kier molecular flexibility index (Phi) is 5.01. The quantitative estimate of drug-likeness (QED) is 0.682. The van der Waals surface area contributed by atoms with Crippen LogP contribution in [0.4, 0.5) is 0 Å². The molecule has 0 aliphatic rings. The summed E-state index contributed by atoms with van der Waals surface area (Å²) < 4.78 is 1.75. The summed E-state index contributed by atoms with van der Waals surface area (Å²) in [6.07, 6.45) is 2.06. The van der Waals surface area contributed by atoms with Gasteiger partial charge in [0.15, 0.2) is 5.16 Å². The van der Waals surface area contributed by atoms with Gasteiger partial charge < -0.3 is 5.11 Å². The van der Waals surface area contributed by atoms with Crippen LogP contribution in [-0.2, 0) is 12.8 Å². The minimum absolute atomic E-state index is 0.100. The molecule has 0 spiro atoms. The summed E-state index contributed by atoms with van der Waals surface area (Å²) in [4.78, 5) is 4.18. The first-order chi connectivity index (χ1) is 9.31. The smallest absolute Gasteiger partial charge is 0.186 e. The van der Waals surface area contributed by atoms with E-state index in [-0.39, 0.29) is 6.61 Å². The maximum absolute atomic E-state index is 8.75. The Morgan fingerprint density at radius 2 is 2.21 bits per heavy atom. The van der Waals surface area contributed by atoms with Gasteiger partial charge in [0.25, 0.3) is 0 Å². The number of aliphatic hydroxyl groups is 1. The van der Waals surface area contributed by atoms with Crippen LogP contribution in [-0.4, -0.2) is 26.5 Å². The lowest BCUT2D eigenvalue weighted by Gasteiger charge is -2.03. The Bertz CT molecular complexity index is 598. The Balaban J connectivity index is 2.08. The van der Waals surface area contributed by atoms with Gasteiger partial charge >= 0.3 is 0 Å². The molecule has 2 rings (SSSR count). The van der Waals surface area contributed by atoms with Crippen LogP contribution in [0.15, 0.2) is 35.7 Å². The molecule has 0 aliphatic carbocycles. The van der Waals surface area contributed by atoms with Gasteiger partial charge in [-0.1, -0.05) is 41.8 Å². The molecular weight excluding hydrogens is 258 g/mol. The molecule has 0 fully saturated rings. The number of aryl methyl sites for hydroxylation is 1. The van der Waals surface area contributed by atoms with Crippen molar-refractivity contribution in [1.82, 2.24) is 14.8 Å². The van der Waals surface area contributed by atoms with Gasteiger partial charge in [-0.25, -0.2) is 9.67 Å². The molecule has 1 aromatic carbocycles. The third kappa shape index (κ3) is 3.85. The summed E-state index contributed by atoms with van der Waals surface area (Å²) in [5, 5.41) is 13.7. The molecule has 0 amide bonds. The second-order valence-corrected chi connectivity index (χ2v) is 4.83. The summed E-state index contributed by atoms with van der Waals surface area (Å²) in [5.74, 6) is 6.85. The van der Waals surface area contributed by atoms with Crippen molar-refractivity contribution in [2.45, 2.75) is 17.3 Å². The molecule has 4 nitrogen and oxygen atoms in total. The fourth-order valence-electron chi connectivity index (χ4n) is 1.54. The molecule has 1 heterocycles. The predicted molar refractivity (Wildman–Crippen MR) is 75.6 cm³/mol. The molecule has 19 heavy (non-hydrogen) atoms. The Hall–Kier alpha value is -1.77. The van der Waals surface area contributed by atoms with Crippen molar-refractivity contribution >= 4 is 11.8 Å². The van der Waals surface area contributed by atoms with E-state index < -0.39 is 0 Å². The topological polar surface area (TPSA) is 50.9 Å². The van der Waals surface area contributed by atoms with Crippen LogP contribution >= 0.6 is 11.8 Å². The Labute approximate surface area is 116 Å². The van der Waals surface area contributed by atoms with Gasteiger partial charge in [0, 0.05) is 24.8 Å². The first-order valence-corrected chi connectivity index (χ1v) is 6.94. The van der Waals surface area contributed by atoms with E-state index in [0.717, 1.165) is 16.5 Å². The largest absolute Gasteiger partial charge is 0.395 e. The van der Waals surface area contributed by atoms with E-state index in [0.29, 0.717) is 6.42 Å². The number of hydrogen-bond acceptors (Lipinski definition) is 4. The molecule has 2 aromatic rings. The molecule has 98 valence electrons. The van der Waals surface area contributed by atoms with E-state index in [1.807, 2.05) is 25.2 Å². The number of nitrogens with zero attached hydrogens (tertiary/aromatic N) is 3. The molecule has 0 bridgehead atoms. The second kappa shape index (κ2) is 6.98. The highest BCUT2D eigenvalue weighted by molar-refractivity contribution is 7.98. The zero-order valence-corrected chi connectivity index (χ0v) is 11.5. The molecule has 1 aromatic heterocycles. The highest BCUT2D eigenvalue weighted by Gasteiger charge is 2.04. The van der Waals surface area contributed by atoms with E-state index >= 15 is 0 Å². The SMILES string of the molecule is Cn1ncnc1SCc1ccccc1C#CCCO. The summed E-state index contributed by atoms with van der Waals surface area (Å²) in [6, 6.07) is 8.03. The predicted octanol–water partition coefficient (Wildman–Crippen LogP) is 1.84. The van der Waals surface area contributed by atoms with Crippen molar-refractivity contribution in [1.29, 1.82) is 0 Å². The fraction of sp³-hybridized carbons (Fsp3) is 0.286. The molecule has 0 atom stereocenters. The lowest BCUT2D eigenvalue weighted by Crippen LogP contribution is -1.94. The van der Waals surface area contributed by atoms with Crippen molar-refractivity contribution in [2.75, 3.05) is 6.61 Å². The summed E-state index contributed by atoms with van der Waals surface area (Å²) in [5.41, 5.74) is 2.17. The number of aliphatic hydroxyl groups excluding tert-OH is 1. The lowest BCUT2D eigenvalue weighted by atomic mass is 10.1. The molecule has 5 heteroatoms. The van der Waals surface area contributed by atoms with Crippen LogP contribution in [0, 0.1) is 11.8 Å². The Morgan fingerprint density at radius 1 is 1.37 bits per heavy atom. The third-order valence-electron chi connectivity index (χ3n) is 2.50. The maximum atomic E-state index is 8.75. The zero-order valence-electron chi connectivity index (χ0n) is 10.7. The summed E-state index contributed by atoms with van der Waals surface area (Å²) in [7, 11) is 1.88. The summed E-state index contributed by atoms with van der Waals surface area (Å²) in [6.45, 7) is 0.100. The minimum atomic E-state index is 0.100. The van der Waals surface area contributed by atoms with Crippen LogP contribution in [0.5, 0.6) is 0 Å². The maximum Gasteiger partial charge on any atom is 0.186 e. The van der Waals surface area contributed by atoms with E-state index in [2.05, 4.69) is 28.0 Å². The molecule has 0 radical (unpaired) electrons. The normalized spacial score (nSPS) is 10.0. The number of thioether (sulfide) groups is 1. The highest BCUT2D eigenvalue weighted by Crippen LogP contribution is 2.21. The molecule has 0 saturated carbocycles. The number of hydrogen-bond donors (Lipinski definition) is 1. The van der Waals surface area contributed by atoms with Crippen LogP contribution in [0.1, 0.15) is 17.5 Å². The summed E-state index contributed by atoms with van der Waals surface area (Å²) >= 11 is 1.63. The molecule has 0 aliphatic heterocycles. The third-order valence-corrected chi connectivity index (χ3v) is 3.59. The van der Waals surface area contributed by atoms with Crippen LogP contribution in [0.2, 0.25) is 0 Å². The second-order valence-electron chi connectivity index (χ2n) is 3.89. The fourth-order valence-corrected chi connectivity index (χ4v) is 2.43. The zero-order chi connectivity index (χ0) is 13.5. The van der Waals surface area contributed by atoms with Gasteiger partial charge in [-0.2, -0.15) is 5.10 Å². The van der Waals surface area contributed by atoms with Crippen molar-refractivity contribution in [3.05, 3.63) is 41.7 Å². The lowest BCUT2D eigenvalue weighted by molar-refractivity contribution is 0.305. The van der Waals surface area contributed by atoms with Gasteiger partial charge in [0.1, 0.15) is 6.33 Å². The van der Waals surface area contributed by atoms with Gasteiger partial charge in [-0.3, -0.25) is 0 Å². The van der Waals surface area contributed by atoms with E-state index in [9.17, 15) is 0 Å². The van der Waals surface area contributed by atoms with E-state index in [1.54, 1.807) is 22.8 Å². The minimum Gasteiger partial charge on any atom is -0.395 e. The van der Waals surface area contributed by atoms with E-state index in [4.69, 9.17) is 5.11 Å². The molecule has 0 saturated heterocycles. The number of aromatic nitrogens is 3. The molecular formula is C14H15N3OS. The number of rotatable bonds is 4. The average molecular weight is 273 g/mol. The first kappa shape index (κ1) is 13.7. The average Bonchev–Trinajstić information content (AvgIpc) is 2.83. The van der Waals surface area contributed by atoms with Crippen molar-refractivity contribution < 1.29 is 5.11 Å². The first-order valence-electron chi connectivity index (χ1n) is 5.95. The van der Waals surface area contributed by atoms with Crippen molar-refractivity contribution in [3.63, 3.8) is 0 Å². The van der Waals surface area contributed by atoms with Crippen LogP contribution < -0.4 is 0 Å². The monoisotopic (exact) mass is 273 g/mol. The molecule has 1 N–H and O–H groups in total. The standard InChI is InChI=1S/C14H15N3OS/c1-17-14(15-11-16-17)19-10-13-8-3-2-6-12(13)7-4-5-9-18/h2-3,6,8,11,18H,5,9-10H2,1H3. The van der Waals surface area contributed by atoms with Gasteiger partial charge in [0.05, 0.1) is 6.61 Å². The van der Waals surface area contributed by atoms with Gasteiger partial charge in [0.2, 0.25) is 0 Å². The molecule has 0 unspecified atom stereocenters. The van der Waals surface area contributed by atoms with Gasteiger partial charge in [-0.05, 0) is 11.6 Å². The van der Waals surface area contributed by atoms with Crippen molar-refractivity contribution in [2.24, 2.45) is 7.05 Å². The Morgan fingerprint density at radius 3 is 2.95 bits per heavy atom. The number of benzene rings is 1. The van der Waals surface area contributed by atoms with Crippen LogP contribution in [0.25, 0.3) is 0 Å². The van der Waals surface area contributed by atoms with E-state index in [1.165, 1.54) is 5.56 Å². The van der Waals surface area contributed by atoms with Crippen molar-refractivity contribution in [3.8, 4) is 11.8 Å². The van der Waals surface area contributed by atoms with Gasteiger partial charge in [-0.15, -0.1) is 0 Å². The van der Waals surface area contributed by atoms with Crippen LogP contribution in [0.3, 0.4) is 0 Å². The highest BCUT2D eigenvalue weighted by atomic mass is 32.2.